The van der Waals surface area contributed by atoms with E-state index in [0.717, 1.165) is 48.8 Å². The lowest BCUT2D eigenvalue weighted by atomic mass is 9.80. The molecule has 0 spiro atoms. The summed E-state index contributed by atoms with van der Waals surface area (Å²) in [6, 6.07) is 17.9. The molecule has 0 fully saturated rings. The lowest BCUT2D eigenvalue weighted by molar-refractivity contribution is -0.141. The van der Waals surface area contributed by atoms with E-state index in [1.165, 1.54) is 11.1 Å². The molecule has 3 aromatic rings. The molecule has 6 heteroatoms. The molecule has 1 N–H and O–H groups in total. The number of rotatable bonds is 2. The van der Waals surface area contributed by atoms with Crippen LogP contribution in [0.3, 0.4) is 0 Å². The molecule has 7 bridgehead atoms. The zero-order valence-electron chi connectivity index (χ0n) is 20.7. The van der Waals surface area contributed by atoms with E-state index in [9.17, 15) is 14.7 Å². The van der Waals surface area contributed by atoms with Gasteiger partial charge in [-0.3, -0.25) is 9.59 Å². The quantitative estimate of drug-likeness (QED) is 0.538. The number of nitrogens with zero attached hydrogens (tertiary/aromatic N) is 2. The lowest BCUT2D eigenvalue weighted by Crippen LogP contribution is -2.36. The minimum atomic E-state index is -0.858. The summed E-state index contributed by atoms with van der Waals surface area (Å²) < 4.78 is 5.84. The van der Waals surface area contributed by atoms with Crippen molar-refractivity contribution in [2.75, 3.05) is 13.2 Å². The molecule has 6 heterocycles. The first-order valence-corrected chi connectivity index (χ1v) is 12.8. The van der Waals surface area contributed by atoms with Crippen LogP contribution in [0.1, 0.15) is 70.3 Å². The molecule has 1 amide bonds. The fraction of sp³-hybridized carbons (Fsp3) is 0.367. The van der Waals surface area contributed by atoms with E-state index in [2.05, 4.69) is 29.2 Å². The summed E-state index contributed by atoms with van der Waals surface area (Å²) >= 11 is 0. The van der Waals surface area contributed by atoms with E-state index in [1.807, 2.05) is 35.2 Å². The van der Waals surface area contributed by atoms with Crippen LogP contribution in [0.4, 0.5) is 0 Å². The topological polar surface area (TPSA) is 79.7 Å². The van der Waals surface area contributed by atoms with Gasteiger partial charge in [0.05, 0.1) is 12.5 Å². The minimum Gasteiger partial charge on any atom is -0.481 e. The van der Waals surface area contributed by atoms with E-state index < -0.39 is 11.9 Å². The fourth-order valence-electron chi connectivity index (χ4n) is 5.30. The molecule has 0 saturated heterocycles. The zero-order chi connectivity index (χ0) is 25.1. The maximum atomic E-state index is 13.3. The maximum absolute atomic E-state index is 13.3. The monoisotopic (exact) mass is 484 g/mol. The van der Waals surface area contributed by atoms with Gasteiger partial charge in [-0.1, -0.05) is 43.3 Å². The van der Waals surface area contributed by atoms with Crippen LogP contribution in [0.25, 0.3) is 0 Å². The van der Waals surface area contributed by atoms with Crippen molar-refractivity contribution in [3.8, 4) is 5.88 Å². The van der Waals surface area contributed by atoms with Crippen molar-refractivity contribution in [1.82, 2.24) is 9.88 Å². The van der Waals surface area contributed by atoms with Crippen molar-refractivity contribution >= 4 is 11.9 Å². The predicted octanol–water partition coefficient (Wildman–Crippen LogP) is 5.24. The van der Waals surface area contributed by atoms with Gasteiger partial charge in [-0.05, 0) is 72.1 Å². The van der Waals surface area contributed by atoms with Crippen LogP contribution < -0.4 is 4.74 Å². The van der Waals surface area contributed by atoms with Gasteiger partial charge in [0.1, 0.15) is 0 Å². The molecule has 186 valence electrons. The van der Waals surface area contributed by atoms with Gasteiger partial charge in [0.2, 0.25) is 5.88 Å². The Bertz CT molecular complexity index is 1240. The van der Waals surface area contributed by atoms with E-state index in [-0.39, 0.29) is 11.8 Å². The second-order valence-electron chi connectivity index (χ2n) is 9.90. The first kappa shape index (κ1) is 24.0. The molecule has 2 aromatic carbocycles. The van der Waals surface area contributed by atoms with Crippen molar-refractivity contribution in [2.24, 2.45) is 5.92 Å². The molecular formula is C30H32N2O4. The SMILES string of the molecule is CC(C(=O)O)[C@@H]1c2ccc(nc2)OCCCCCc2ccc(cc2)C(=O)N2CCc3ccc1cc3C2. The fourth-order valence-corrected chi connectivity index (χ4v) is 5.30. The van der Waals surface area contributed by atoms with Gasteiger partial charge >= 0.3 is 5.97 Å². The highest BCUT2D eigenvalue weighted by Gasteiger charge is 2.29. The average molecular weight is 485 g/mol. The number of aliphatic carboxylic acids is 1. The number of pyridine rings is 1. The second kappa shape index (κ2) is 10.5. The number of benzene rings is 2. The van der Waals surface area contributed by atoms with Gasteiger partial charge in [-0.25, -0.2) is 4.98 Å². The highest BCUT2D eigenvalue weighted by Crippen LogP contribution is 2.35. The lowest BCUT2D eigenvalue weighted by Gasteiger charge is -2.30. The molecule has 1 unspecified atom stereocenters. The van der Waals surface area contributed by atoms with Gasteiger partial charge in [0, 0.05) is 36.8 Å². The average Bonchev–Trinajstić information content (AvgIpc) is 2.90. The Kier molecular flexibility index (Phi) is 7.03. The molecule has 36 heavy (non-hydrogen) atoms. The first-order valence-electron chi connectivity index (χ1n) is 12.8. The smallest absolute Gasteiger partial charge is 0.307 e. The van der Waals surface area contributed by atoms with Crippen LogP contribution in [0.15, 0.2) is 60.8 Å². The van der Waals surface area contributed by atoms with Crippen LogP contribution in [0.5, 0.6) is 5.88 Å². The van der Waals surface area contributed by atoms with Crippen molar-refractivity contribution in [3.05, 3.63) is 94.2 Å². The predicted molar refractivity (Wildman–Crippen MR) is 137 cm³/mol. The van der Waals surface area contributed by atoms with E-state index in [1.54, 1.807) is 13.1 Å². The number of carbonyl (C=O) groups excluding carboxylic acids is 1. The molecule has 1 aromatic heterocycles. The van der Waals surface area contributed by atoms with E-state index in [0.29, 0.717) is 31.1 Å². The number of amides is 1. The third-order valence-corrected chi connectivity index (χ3v) is 7.46. The second-order valence-corrected chi connectivity index (χ2v) is 9.90. The Hall–Kier alpha value is -3.67. The summed E-state index contributed by atoms with van der Waals surface area (Å²) in [5.41, 5.74) is 5.99. The Labute approximate surface area is 211 Å². The summed E-state index contributed by atoms with van der Waals surface area (Å²) in [5, 5.41) is 9.88. The van der Waals surface area contributed by atoms with Crippen molar-refractivity contribution in [1.29, 1.82) is 0 Å². The third kappa shape index (κ3) is 5.13. The molecule has 5 aliphatic rings. The molecule has 8 rings (SSSR count). The largest absolute Gasteiger partial charge is 0.481 e. The molecular weight excluding hydrogens is 452 g/mol. The number of hydrogen-bond acceptors (Lipinski definition) is 4. The molecule has 2 atom stereocenters. The Balaban J connectivity index is 1.52. The molecule has 0 radical (unpaired) electrons. The third-order valence-electron chi connectivity index (χ3n) is 7.46. The number of ether oxygens (including phenoxy) is 1. The highest BCUT2D eigenvalue weighted by atomic mass is 16.5. The van der Waals surface area contributed by atoms with Gasteiger partial charge in [0.25, 0.3) is 5.91 Å². The van der Waals surface area contributed by atoms with Crippen LogP contribution in [-0.4, -0.2) is 40.0 Å². The van der Waals surface area contributed by atoms with Gasteiger partial charge in [-0.15, -0.1) is 0 Å². The van der Waals surface area contributed by atoms with Crippen molar-refractivity contribution < 1.29 is 19.4 Å². The van der Waals surface area contributed by atoms with Gasteiger partial charge < -0.3 is 14.7 Å². The van der Waals surface area contributed by atoms with Gasteiger partial charge in [0.15, 0.2) is 0 Å². The Morgan fingerprint density at radius 2 is 1.81 bits per heavy atom. The molecule has 0 saturated carbocycles. The van der Waals surface area contributed by atoms with Crippen LogP contribution in [0, 0.1) is 5.92 Å². The standard InChI is InChI=1S/C30H32N2O4/c1-20(30(34)35)28-24-11-10-22-14-15-32(19-26(22)17-24)29(33)23-8-6-21(7-9-23)5-3-2-4-16-36-27-13-12-25(28)18-31-27/h6-13,17-18,20,28H,2-5,14-16,19H2,1H3,(H,34,35)/t20?,28-/m0/s1. The Morgan fingerprint density at radius 3 is 2.56 bits per heavy atom. The number of carboxylic acid groups (broad SMARTS) is 1. The normalized spacial score (nSPS) is 19.0. The van der Waals surface area contributed by atoms with Crippen molar-refractivity contribution in [2.45, 2.75) is 51.5 Å². The Morgan fingerprint density at radius 1 is 1.00 bits per heavy atom. The molecule has 5 aliphatic heterocycles. The summed E-state index contributed by atoms with van der Waals surface area (Å²) in [6.07, 6.45) is 6.53. The molecule has 0 aliphatic carbocycles. The number of aromatic nitrogens is 1. The summed E-state index contributed by atoms with van der Waals surface area (Å²) in [4.78, 5) is 31.7. The zero-order valence-corrected chi connectivity index (χ0v) is 20.7. The van der Waals surface area contributed by atoms with E-state index in [4.69, 9.17) is 4.74 Å². The van der Waals surface area contributed by atoms with Crippen LogP contribution >= 0.6 is 0 Å². The molecule has 6 nitrogen and oxygen atoms in total. The number of aryl methyl sites for hydroxylation is 1. The van der Waals surface area contributed by atoms with Crippen molar-refractivity contribution in [3.63, 3.8) is 0 Å². The first-order chi connectivity index (χ1) is 17.5. The minimum absolute atomic E-state index is 0.0379. The van der Waals surface area contributed by atoms with Crippen LogP contribution in [0.2, 0.25) is 0 Å². The highest BCUT2D eigenvalue weighted by molar-refractivity contribution is 5.94. The number of carboxylic acids is 1. The summed E-state index contributed by atoms with van der Waals surface area (Å²) in [6.45, 7) is 3.52. The summed E-state index contributed by atoms with van der Waals surface area (Å²) in [7, 11) is 0. The van der Waals surface area contributed by atoms with Gasteiger partial charge in [-0.2, -0.15) is 0 Å². The number of carbonyl (C=O) groups is 2. The van der Waals surface area contributed by atoms with Crippen LogP contribution in [-0.2, 0) is 24.2 Å². The summed E-state index contributed by atoms with van der Waals surface area (Å²) in [5.74, 6) is -1.26. The maximum Gasteiger partial charge on any atom is 0.307 e. The van der Waals surface area contributed by atoms with E-state index >= 15 is 0 Å². The number of hydrogen-bond donors (Lipinski definition) is 1.